The van der Waals surface area contributed by atoms with E-state index in [4.69, 9.17) is 27.9 Å². The third kappa shape index (κ3) is 4.95. The number of pyridine rings is 1. The number of amides is 1. The molecule has 0 unspecified atom stereocenters. The molecule has 0 radical (unpaired) electrons. The minimum Gasteiger partial charge on any atom is -0.435 e. The van der Waals surface area contributed by atoms with Crippen molar-refractivity contribution in [3.63, 3.8) is 0 Å². The molecule has 2 aromatic heterocycles. The van der Waals surface area contributed by atoms with E-state index in [1.165, 1.54) is 6.20 Å². The molecule has 0 spiro atoms. The highest BCUT2D eigenvalue weighted by Crippen LogP contribution is 2.33. The van der Waals surface area contributed by atoms with Gasteiger partial charge in [-0.15, -0.1) is 0 Å². The lowest BCUT2D eigenvalue weighted by Crippen LogP contribution is -2.20. The van der Waals surface area contributed by atoms with Crippen LogP contribution in [0.3, 0.4) is 0 Å². The number of rotatable bonds is 7. The van der Waals surface area contributed by atoms with E-state index in [1.54, 1.807) is 36.0 Å². The molecule has 158 valence electrons. The quantitative estimate of drug-likeness (QED) is 0.355. The minimum absolute atomic E-state index is 0.130. The molecule has 4 aromatic rings. The smallest absolute Gasteiger partial charge is 0.244 e. The molecule has 0 fully saturated rings. The van der Waals surface area contributed by atoms with Crippen LogP contribution in [0.4, 0.5) is 5.69 Å². The second-order valence-electron chi connectivity index (χ2n) is 6.62. The number of aromatic nitrogens is 3. The summed E-state index contributed by atoms with van der Waals surface area (Å²) in [6.07, 6.45) is 3.45. The molecule has 2 aromatic carbocycles. The van der Waals surface area contributed by atoms with E-state index >= 15 is 0 Å². The van der Waals surface area contributed by atoms with Crippen LogP contribution in [0.25, 0.3) is 11.0 Å². The van der Waals surface area contributed by atoms with Crippen molar-refractivity contribution in [2.24, 2.45) is 0 Å². The van der Waals surface area contributed by atoms with Crippen molar-refractivity contribution in [2.45, 2.75) is 12.3 Å². The molecule has 31 heavy (non-hydrogen) atoms. The van der Waals surface area contributed by atoms with Gasteiger partial charge in [0.15, 0.2) is 5.75 Å². The number of nitrogens with one attached hydrogen (secondary N) is 1. The number of carbonyl (C=O) groups is 1. The van der Waals surface area contributed by atoms with E-state index in [0.29, 0.717) is 22.2 Å². The maximum Gasteiger partial charge on any atom is 0.244 e. The number of anilines is 1. The van der Waals surface area contributed by atoms with Crippen molar-refractivity contribution >= 4 is 57.6 Å². The number of fused-ring (bicyclic) bond motifs is 1. The van der Waals surface area contributed by atoms with Crippen LogP contribution >= 0.6 is 35.0 Å². The first kappa shape index (κ1) is 21.5. The van der Waals surface area contributed by atoms with E-state index in [-0.39, 0.29) is 23.4 Å². The Bertz CT molecular complexity index is 1250. The first-order valence-electron chi connectivity index (χ1n) is 9.36. The monoisotopic (exact) mass is 472 g/mol. The molecule has 0 atom stereocenters. The third-order valence-electron chi connectivity index (χ3n) is 4.45. The minimum atomic E-state index is -0.197. The molecule has 4 rings (SSSR count). The van der Waals surface area contributed by atoms with Crippen LogP contribution < -0.4 is 10.1 Å². The second-order valence-corrected chi connectivity index (χ2v) is 8.33. The molecule has 0 saturated heterocycles. The lowest BCUT2D eigenvalue weighted by Gasteiger charge is -2.13. The predicted molar refractivity (Wildman–Crippen MR) is 126 cm³/mol. The Morgan fingerprint density at radius 3 is 2.74 bits per heavy atom. The fraction of sp³-hybridized carbons (Fsp3) is 0.136. The largest absolute Gasteiger partial charge is 0.435 e. The van der Waals surface area contributed by atoms with E-state index in [0.717, 1.165) is 16.9 Å². The highest BCUT2D eigenvalue weighted by atomic mass is 35.5. The normalized spacial score (nSPS) is 10.9. The zero-order valence-corrected chi connectivity index (χ0v) is 18.8. The number of halogens is 2. The highest BCUT2D eigenvalue weighted by Gasteiger charge is 2.15. The number of benzene rings is 2. The number of hydrogen-bond acceptors (Lipinski definition) is 5. The molecule has 0 aliphatic carbocycles. The standard InChI is InChI=1S/C22H18Cl2N4O2S/c1-31-13-20-26-16-6-2-4-8-18(16)28(20)12-21(29)27-17-7-3-5-9-19(17)30-22-15(24)10-14(23)11-25-22/h2-11H,12-13H2,1H3,(H,27,29). The van der Waals surface area contributed by atoms with Gasteiger partial charge in [-0.2, -0.15) is 11.8 Å². The van der Waals surface area contributed by atoms with Crippen LogP contribution in [0, 0.1) is 0 Å². The number of ether oxygens (including phenoxy) is 1. The Kier molecular flexibility index (Phi) is 6.65. The van der Waals surface area contributed by atoms with Crippen molar-refractivity contribution in [3.05, 3.63) is 76.7 Å². The van der Waals surface area contributed by atoms with Gasteiger partial charge in [0.1, 0.15) is 17.4 Å². The molecule has 0 aliphatic heterocycles. The average molecular weight is 473 g/mol. The summed E-state index contributed by atoms with van der Waals surface area (Å²) in [6, 6.07) is 16.4. The first-order chi connectivity index (χ1) is 15.0. The fourth-order valence-corrected chi connectivity index (χ4v) is 4.01. The van der Waals surface area contributed by atoms with Gasteiger partial charge in [-0.1, -0.05) is 47.5 Å². The summed E-state index contributed by atoms with van der Waals surface area (Å²) >= 11 is 13.7. The molecule has 0 saturated carbocycles. The summed E-state index contributed by atoms with van der Waals surface area (Å²) in [4.78, 5) is 21.7. The molecule has 1 N–H and O–H groups in total. The second kappa shape index (κ2) is 9.60. The van der Waals surface area contributed by atoms with Crippen molar-refractivity contribution in [1.29, 1.82) is 0 Å². The van der Waals surface area contributed by atoms with Crippen LogP contribution in [0.2, 0.25) is 10.0 Å². The Balaban J connectivity index is 1.56. The van der Waals surface area contributed by atoms with Crippen molar-refractivity contribution in [3.8, 4) is 11.6 Å². The lowest BCUT2D eigenvalue weighted by molar-refractivity contribution is -0.116. The van der Waals surface area contributed by atoms with Crippen LogP contribution in [0.15, 0.2) is 60.8 Å². The average Bonchev–Trinajstić information content (AvgIpc) is 3.09. The maximum atomic E-state index is 12.9. The Morgan fingerprint density at radius 2 is 1.94 bits per heavy atom. The van der Waals surface area contributed by atoms with Gasteiger partial charge in [0, 0.05) is 6.20 Å². The van der Waals surface area contributed by atoms with Gasteiger partial charge >= 0.3 is 0 Å². The Hall–Kier alpha value is -2.74. The predicted octanol–water partition coefficient (Wildman–Crippen LogP) is 6.03. The molecule has 0 aliphatic rings. The number of hydrogen-bond donors (Lipinski definition) is 1. The van der Waals surface area contributed by atoms with E-state index in [1.807, 2.05) is 41.2 Å². The van der Waals surface area contributed by atoms with Crippen LogP contribution in [-0.2, 0) is 17.1 Å². The Morgan fingerprint density at radius 1 is 1.16 bits per heavy atom. The molecule has 2 heterocycles. The summed E-state index contributed by atoms with van der Waals surface area (Å²) in [5.74, 6) is 1.99. The van der Waals surface area contributed by atoms with Gasteiger partial charge in [0.05, 0.1) is 27.5 Å². The van der Waals surface area contributed by atoms with Gasteiger partial charge in [0.2, 0.25) is 11.8 Å². The van der Waals surface area contributed by atoms with E-state index in [2.05, 4.69) is 15.3 Å². The summed E-state index contributed by atoms with van der Waals surface area (Å²) in [6.45, 7) is 0.130. The number of nitrogens with zero attached hydrogens (tertiary/aromatic N) is 3. The van der Waals surface area contributed by atoms with Crippen LogP contribution in [0.1, 0.15) is 5.82 Å². The first-order valence-corrected chi connectivity index (χ1v) is 11.5. The van der Waals surface area contributed by atoms with Crippen LogP contribution in [-0.4, -0.2) is 26.7 Å². The highest BCUT2D eigenvalue weighted by molar-refractivity contribution is 7.97. The van der Waals surface area contributed by atoms with Gasteiger partial charge in [-0.3, -0.25) is 4.79 Å². The number of thioether (sulfide) groups is 1. The molecule has 1 amide bonds. The van der Waals surface area contributed by atoms with Gasteiger partial charge in [-0.05, 0) is 36.6 Å². The Labute approximate surface area is 193 Å². The fourth-order valence-electron chi connectivity index (χ4n) is 3.11. The van der Waals surface area contributed by atoms with E-state index < -0.39 is 0 Å². The zero-order valence-electron chi connectivity index (χ0n) is 16.5. The van der Waals surface area contributed by atoms with Crippen molar-refractivity contribution in [1.82, 2.24) is 14.5 Å². The summed E-state index contributed by atoms with van der Waals surface area (Å²) in [7, 11) is 0. The zero-order chi connectivity index (χ0) is 21.8. The van der Waals surface area contributed by atoms with E-state index in [9.17, 15) is 4.79 Å². The summed E-state index contributed by atoms with van der Waals surface area (Å²) < 4.78 is 7.76. The molecule has 6 nitrogen and oxygen atoms in total. The number of carbonyl (C=O) groups excluding carboxylic acids is 1. The van der Waals surface area contributed by atoms with Gasteiger partial charge in [-0.25, -0.2) is 9.97 Å². The lowest BCUT2D eigenvalue weighted by atomic mass is 10.3. The molecular formula is C22H18Cl2N4O2S. The number of para-hydroxylation sites is 4. The van der Waals surface area contributed by atoms with Gasteiger partial charge in [0.25, 0.3) is 0 Å². The molecular weight excluding hydrogens is 455 g/mol. The number of imidazole rings is 1. The summed E-state index contributed by atoms with van der Waals surface area (Å²) in [5.41, 5.74) is 2.30. The SMILES string of the molecule is CSCc1nc2ccccc2n1CC(=O)Nc1ccccc1Oc1ncc(Cl)cc1Cl. The van der Waals surface area contributed by atoms with Crippen LogP contribution in [0.5, 0.6) is 11.6 Å². The third-order valence-corrected chi connectivity index (χ3v) is 5.47. The van der Waals surface area contributed by atoms with Crippen molar-refractivity contribution < 1.29 is 9.53 Å². The topological polar surface area (TPSA) is 69.0 Å². The maximum absolute atomic E-state index is 12.9. The van der Waals surface area contributed by atoms with Crippen molar-refractivity contribution in [2.75, 3.05) is 11.6 Å². The summed E-state index contributed by atoms with van der Waals surface area (Å²) in [5, 5.41) is 3.61. The molecule has 9 heteroatoms. The molecule has 0 bridgehead atoms. The van der Waals surface area contributed by atoms with Gasteiger partial charge < -0.3 is 14.6 Å².